The van der Waals surface area contributed by atoms with Crippen molar-refractivity contribution in [3.63, 3.8) is 0 Å². The van der Waals surface area contributed by atoms with Crippen molar-refractivity contribution in [3.05, 3.63) is 28.2 Å². The van der Waals surface area contributed by atoms with Crippen LogP contribution in [0.4, 0.5) is 11.4 Å². The van der Waals surface area contributed by atoms with Crippen molar-refractivity contribution < 1.29 is 4.79 Å². The van der Waals surface area contributed by atoms with Gasteiger partial charge in [-0.25, -0.2) is 0 Å². The van der Waals surface area contributed by atoms with Crippen molar-refractivity contribution in [2.75, 3.05) is 11.1 Å². The van der Waals surface area contributed by atoms with Crippen LogP contribution in [-0.4, -0.2) is 15.7 Å². The number of carbonyl (C=O) groups is 1. The van der Waals surface area contributed by atoms with Gasteiger partial charge in [0.25, 0.3) is 0 Å². The van der Waals surface area contributed by atoms with Gasteiger partial charge < -0.3 is 11.1 Å². The van der Waals surface area contributed by atoms with Gasteiger partial charge in [-0.05, 0) is 25.3 Å². The summed E-state index contributed by atoms with van der Waals surface area (Å²) < 4.78 is 1.62. The molecule has 6 heteroatoms. The molecular weight excluding hydrogens is 236 g/mol. The van der Waals surface area contributed by atoms with E-state index in [0.717, 1.165) is 17.1 Å². The van der Waals surface area contributed by atoms with Crippen LogP contribution in [0.2, 0.25) is 0 Å². The number of amides is 1. The van der Waals surface area contributed by atoms with Crippen LogP contribution < -0.4 is 11.1 Å². The quantitative estimate of drug-likeness (QED) is 0.872. The van der Waals surface area contributed by atoms with Crippen molar-refractivity contribution in [2.45, 2.75) is 20.4 Å². The fraction of sp³-hybridized carbons (Fsp3) is 0.273. The Balaban J connectivity index is 2.06. The molecule has 2 heterocycles. The van der Waals surface area contributed by atoms with Crippen LogP contribution in [-0.2, 0) is 11.3 Å². The van der Waals surface area contributed by atoms with E-state index in [1.807, 2.05) is 30.7 Å². The van der Waals surface area contributed by atoms with Gasteiger partial charge in [0.2, 0.25) is 5.91 Å². The van der Waals surface area contributed by atoms with Crippen LogP contribution in [0.5, 0.6) is 0 Å². The molecular formula is C11H14N4OS. The molecule has 3 N–H and O–H groups in total. The molecule has 0 saturated heterocycles. The lowest BCUT2D eigenvalue weighted by atomic mass is 10.3. The van der Waals surface area contributed by atoms with E-state index < -0.39 is 0 Å². The Kier molecular flexibility index (Phi) is 3.14. The number of anilines is 2. The maximum atomic E-state index is 11.7. The molecule has 0 radical (unpaired) electrons. The van der Waals surface area contributed by atoms with Crippen molar-refractivity contribution in [1.29, 1.82) is 0 Å². The molecule has 0 aliphatic heterocycles. The molecule has 1 amide bonds. The Labute approximate surface area is 103 Å². The van der Waals surface area contributed by atoms with Crippen LogP contribution in [0.25, 0.3) is 0 Å². The molecule has 17 heavy (non-hydrogen) atoms. The van der Waals surface area contributed by atoms with E-state index in [0.29, 0.717) is 5.69 Å². The summed E-state index contributed by atoms with van der Waals surface area (Å²) >= 11 is 1.54. The molecule has 0 bridgehead atoms. The monoisotopic (exact) mass is 250 g/mol. The second kappa shape index (κ2) is 4.58. The third-order valence-corrected chi connectivity index (χ3v) is 3.22. The molecule has 90 valence electrons. The van der Waals surface area contributed by atoms with Gasteiger partial charge in [-0.2, -0.15) is 16.4 Å². The van der Waals surface area contributed by atoms with Crippen LogP contribution in [0, 0.1) is 13.8 Å². The number of carbonyl (C=O) groups excluding carboxylic acids is 1. The van der Waals surface area contributed by atoms with Crippen molar-refractivity contribution in [2.24, 2.45) is 0 Å². The predicted molar refractivity (Wildman–Crippen MR) is 69.1 cm³/mol. The molecule has 0 spiro atoms. The van der Waals surface area contributed by atoms with Gasteiger partial charge in [0.15, 0.2) is 0 Å². The molecule has 0 fully saturated rings. The van der Waals surface area contributed by atoms with Crippen LogP contribution in [0.15, 0.2) is 16.8 Å². The fourth-order valence-electron chi connectivity index (χ4n) is 1.54. The number of rotatable bonds is 3. The largest absolute Gasteiger partial charge is 0.396 e. The highest BCUT2D eigenvalue weighted by atomic mass is 32.1. The molecule has 0 saturated carbocycles. The Morgan fingerprint density at radius 2 is 2.35 bits per heavy atom. The Hall–Kier alpha value is -1.82. The minimum atomic E-state index is -0.103. The zero-order valence-corrected chi connectivity index (χ0v) is 10.5. The second-order valence-corrected chi connectivity index (χ2v) is 4.58. The number of aryl methyl sites for hydroxylation is 1. The van der Waals surface area contributed by atoms with Crippen molar-refractivity contribution >= 4 is 28.6 Å². The van der Waals surface area contributed by atoms with E-state index >= 15 is 0 Å². The highest BCUT2D eigenvalue weighted by Crippen LogP contribution is 2.15. The first-order valence-corrected chi connectivity index (χ1v) is 6.13. The first kappa shape index (κ1) is 11.7. The van der Waals surface area contributed by atoms with E-state index in [1.165, 1.54) is 0 Å². The van der Waals surface area contributed by atoms with E-state index in [2.05, 4.69) is 10.4 Å². The summed E-state index contributed by atoms with van der Waals surface area (Å²) in [6, 6.07) is 1.86. The second-order valence-electron chi connectivity index (χ2n) is 3.80. The molecule has 2 rings (SSSR count). The summed E-state index contributed by atoms with van der Waals surface area (Å²) in [6.07, 6.45) is 0. The molecule has 2 aromatic rings. The van der Waals surface area contributed by atoms with E-state index in [1.54, 1.807) is 16.0 Å². The lowest BCUT2D eigenvalue weighted by molar-refractivity contribution is -0.116. The van der Waals surface area contributed by atoms with Gasteiger partial charge >= 0.3 is 0 Å². The van der Waals surface area contributed by atoms with Gasteiger partial charge in [0.05, 0.1) is 22.8 Å². The molecule has 0 atom stereocenters. The highest BCUT2D eigenvalue weighted by molar-refractivity contribution is 7.08. The Bertz CT molecular complexity index is 530. The van der Waals surface area contributed by atoms with E-state index in [4.69, 9.17) is 5.73 Å². The third kappa shape index (κ3) is 2.47. The fourth-order valence-corrected chi connectivity index (χ4v) is 2.12. The van der Waals surface area contributed by atoms with E-state index in [-0.39, 0.29) is 12.5 Å². The van der Waals surface area contributed by atoms with Crippen LogP contribution >= 0.6 is 11.3 Å². The lowest BCUT2D eigenvalue weighted by Crippen LogP contribution is -2.20. The maximum absolute atomic E-state index is 11.7. The van der Waals surface area contributed by atoms with Gasteiger partial charge in [0, 0.05) is 5.38 Å². The molecule has 0 aliphatic carbocycles. The first-order valence-electron chi connectivity index (χ1n) is 5.19. The molecule has 0 unspecified atom stereocenters. The highest BCUT2D eigenvalue weighted by Gasteiger charge is 2.11. The average Bonchev–Trinajstić information content (AvgIpc) is 2.85. The smallest absolute Gasteiger partial charge is 0.246 e. The van der Waals surface area contributed by atoms with Gasteiger partial charge in [-0.1, -0.05) is 0 Å². The molecule has 0 aromatic carbocycles. The summed E-state index contributed by atoms with van der Waals surface area (Å²) in [4.78, 5) is 11.7. The topological polar surface area (TPSA) is 72.9 Å². The standard InChI is InChI=1S/C11H14N4OS/c1-7-11(12)8(2)15(14-7)5-10(16)13-9-3-4-17-6-9/h3-4,6H,5,12H2,1-2H3,(H,13,16). The predicted octanol–water partition coefficient (Wildman–Crippen LogP) is 1.78. The molecule has 5 nitrogen and oxygen atoms in total. The number of hydrogen-bond donors (Lipinski definition) is 2. The van der Waals surface area contributed by atoms with E-state index in [9.17, 15) is 4.79 Å². The number of thiophene rings is 1. The maximum Gasteiger partial charge on any atom is 0.246 e. The number of nitrogens with one attached hydrogen (secondary N) is 1. The SMILES string of the molecule is Cc1nn(CC(=O)Nc2ccsc2)c(C)c1N. The number of nitrogens with two attached hydrogens (primary N) is 1. The lowest BCUT2D eigenvalue weighted by Gasteiger charge is -2.05. The van der Waals surface area contributed by atoms with Gasteiger partial charge in [0.1, 0.15) is 6.54 Å². The summed E-state index contributed by atoms with van der Waals surface area (Å²) in [5.74, 6) is -0.103. The van der Waals surface area contributed by atoms with Crippen molar-refractivity contribution in [1.82, 2.24) is 9.78 Å². The number of hydrogen-bond acceptors (Lipinski definition) is 4. The van der Waals surface area contributed by atoms with Gasteiger partial charge in [-0.3, -0.25) is 9.48 Å². The number of aromatic nitrogens is 2. The Morgan fingerprint density at radius 3 is 2.88 bits per heavy atom. The van der Waals surface area contributed by atoms with Crippen molar-refractivity contribution in [3.8, 4) is 0 Å². The average molecular weight is 250 g/mol. The zero-order chi connectivity index (χ0) is 12.4. The summed E-state index contributed by atoms with van der Waals surface area (Å²) in [6.45, 7) is 3.86. The normalized spacial score (nSPS) is 10.5. The number of nitrogens with zero attached hydrogens (tertiary/aromatic N) is 2. The first-order chi connectivity index (χ1) is 8.08. The van der Waals surface area contributed by atoms with Crippen LogP contribution in [0.3, 0.4) is 0 Å². The van der Waals surface area contributed by atoms with Crippen LogP contribution in [0.1, 0.15) is 11.4 Å². The molecule has 0 aliphatic rings. The third-order valence-electron chi connectivity index (χ3n) is 2.54. The summed E-state index contributed by atoms with van der Waals surface area (Å²) in [5, 5.41) is 10.8. The number of nitrogen functional groups attached to an aromatic ring is 1. The molecule has 2 aromatic heterocycles. The summed E-state index contributed by atoms with van der Waals surface area (Å²) in [5.41, 5.74) is 8.84. The Morgan fingerprint density at radius 1 is 1.59 bits per heavy atom. The van der Waals surface area contributed by atoms with Gasteiger partial charge in [-0.15, -0.1) is 0 Å². The minimum absolute atomic E-state index is 0.103. The summed E-state index contributed by atoms with van der Waals surface area (Å²) in [7, 11) is 0. The zero-order valence-electron chi connectivity index (χ0n) is 9.73. The minimum Gasteiger partial charge on any atom is -0.396 e.